The van der Waals surface area contributed by atoms with Crippen molar-refractivity contribution in [3.8, 4) is 11.1 Å². The average Bonchev–Trinajstić information content (AvgIpc) is 2.69. The van der Waals surface area contributed by atoms with E-state index in [1.165, 1.54) is 0 Å². The lowest BCUT2D eigenvalue weighted by atomic mass is 9.96. The monoisotopic (exact) mass is 344 g/mol. The third kappa shape index (κ3) is 3.94. The van der Waals surface area contributed by atoms with Crippen LogP contribution in [0.4, 0.5) is 11.4 Å². The molecule has 0 aliphatic rings. The third-order valence-corrected chi connectivity index (χ3v) is 4.26. The zero-order valence-corrected chi connectivity index (χ0v) is 15.3. The van der Waals surface area contributed by atoms with Crippen LogP contribution in [0.15, 0.2) is 72.8 Å². The summed E-state index contributed by atoms with van der Waals surface area (Å²) in [7, 11) is 0. The molecule has 0 aliphatic heterocycles. The van der Waals surface area contributed by atoms with E-state index in [1.807, 2.05) is 60.7 Å². The zero-order chi connectivity index (χ0) is 18.4. The van der Waals surface area contributed by atoms with Crippen LogP contribution >= 0.6 is 0 Å². The fourth-order valence-corrected chi connectivity index (χ4v) is 3.00. The van der Waals surface area contributed by atoms with Gasteiger partial charge in [0.25, 0.3) is 0 Å². The maximum Gasteiger partial charge on any atom is 0.193 e. The zero-order valence-electron chi connectivity index (χ0n) is 15.3. The first kappa shape index (κ1) is 17.7. The summed E-state index contributed by atoms with van der Waals surface area (Å²) in [5.41, 5.74) is 5.60. The van der Waals surface area contributed by atoms with E-state index in [2.05, 4.69) is 36.6 Å². The van der Waals surface area contributed by atoms with Crippen molar-refractivity contribution in [2.24, 2.45) is 0 Å². The van der Waals surface area contributed by atoms with Gasteiger partial charge in [0.1, 0.15) is 0 Å². The molecule has 0 aliphatic carbocycles. The molecule has 0 spiro atoms. The topological polar surface area (TPSA) is 41.1 Å². The number of rotatable bonds is 7. The first-order valence-electron chi connectivity index (χ1n) is 9.05. The highest BCUT2D eigenvalue weighted by molar-refractivity contribution is 6.10. The average molecular weight is 344 g/mol. The van der Waals surface area contributed by atoms with Gasteiger partial charge in [0, 0.05) is 41.2 Å². The highest BCUT2D eigenvalue weighted by Crippen LogP contribution is 2.30. The van der Waals surface area contributed by atoms with Crippen molar-refractivity contribution in [1.29, 1.82) is 0 Å². The van der Waals surface area contributed by atoms with Gasteiger partial charge in [-0.2, -0.15) is 0 Å². The van der Waals surface area contributed by atoms with Gasteiger partial charge in [0.2, 0.25) is 0 Å². The predicted octanol–water partition coefficient (Wildman–Crippen LogP) is 5.45. The van der Waals surface area contributed by atoms with Crippen LogP contribution in [-0.2, 0) is 0 Å². The van der Waals surface area contributed by atoms with Crippen molar-refractivity contribution in [1.82, 2.24) is 0 Å². The molecule has 0 heterocycles. The van der Waals surface area contributed by atoms with E-state index in [0.717, 1.165) is 35.6 Å². The van der Waals surface area contributed by atoms with Gasteiger partial charge >= 0.3 is 0 Å². The van der Waals surface area contributed by atoms with Gasteiger partial charge in [-0.25, -0.2) is 0 Å². The molecule has 0 amide bonds. The Balaban J connectivity index is 1.96. The molecular weight excluding hydrogens is 320 g/mol. The molecule has 3 rings (SSSR count). The Kier molecular flexibility index (Phi) is 5.69. The summed E-state index contributed by atoms with van der Waals surface area (Å²) in [6, 6.07) is 23.7. The van der Waals surface area contributed by atoms with Crippen LogP contribution in [0.1, 0.15) is 29.8 Å². The van der Waals surface area contributed by atoms with Gasteiger partial charge in [-0.3, -0.25) is 4.79 Å². The van der Waals surface area contributed by atoms with Gasteiger partial charge < -0.3 is 10.6 Å². The van der Waals surface area contributed by atoms with Crippen molar-refractivity contribution in [3.05, 3.63) is 83.9 Å². The Bertz CT molecular complexity index is 870. The van der Waals surface area contributed by atoms with Crippen LogP contribution in [0.5, 0.6) is 0 Å². The summed E-state index contributed by atoms with van der Waals surface area (Å²) >= 11 is 0. The summed E-state index contributed by atoms with van der Waals surface area (Å²) in [5, 5.41) is 6.63. The number of hydrogen-bond acceptors (Lipinski definition) is 3. The predicted molar refractivity (Wildman–Crippen MR) is 110 cm³/mol. The van der Waals surface area contributed by atoms with E-state index in [0.29, 0.717) is 11.1 Å². The third-order valence-electron chi connectivity index (χ3n) is 4.26. The van der Waals surface area contributed by atoms with E-state index in [9.17, 15) is 4.79 Å². The van der Waals surface area contributed by atoms with Crippen LogP contribution in [-0.4, -0.2) is 18.9 Å². The second-order valence-corrected chi connectivity index (χ2v) is 6.09. The second kappa shape index (κ2) is 8.34. The summed E-state index contributed by atoms with van der Waals surface area (Å²) in [6.45, 7) is 5.81. The molecule has 0 radical (unpaired) electrons. The van der Waals surface area contributed by atoms with Crippen molar-refractivity contribution < 1.29 is 4.79 Å². The Morgan fingerprint density at radius 1 is 0.769 bits per heavy atom. The van der Waals surface area contributed by atoms with Gasteiger partial charge in [-0.1, -0.05) is 30.3 Å². The molecule has 0 fully saturated rings. The normalized spacial score (nSPS) is 10.4. The number of carbonyl (C=O) groups is 1. The number of ketones is 1. The SMILES string of the molecule is CCNc1ccc(C(=O)c2ccc(NCC)c(-c3ccccc3)c2)cc1. The Morgan fingerprint density at radius 3 is 2.08 bits per heavy atom. The molecular formula is C23H24N2O. The first-order chi connectivity index (χ1) is 12.7. The van der Waals surface area contributed by atoms with Crippen molar-refractivity contribution in [3.63, 3.8) is 0 Å². The van der Waals surface area contributed by atoms with Crippen LogP contribution in [0, 0.1) is 0 Å². The second-order valence-electron chi connectivity index (χ2n) is 6.09. The number of benzene rings is 3. The highest BCUT2D eigenvalue weighted by Gasteiger charge is 2.13. The first-order valence-corrected chi connectivity index (χ1v) is 9.05. The van der Waals surface area contributed by atoms with Crippen molar-refractivity contribution in [2.75, 3.05) is 23.7 Å². The van der Waals surface area contributed by atoms with Crippen molar-refractivity contribution >= 4 is 17.2 Å². The Morgan fingerprint density at radius 2 is 1.42 bits per heavy atom. The molecule has 3 nitrogen and oxygen atoms in total. The maximum atomic E-state index is 12.9. The molecule has 0 aromatic heterocycles. The highest BCUT2D eigenvalue weighted by atomic mass is 16.1. The molecule has 0 bridgehead atoms. The van der Waals surface area contributed by atoms with E-state index in [1.54, 1.807) is 0 Å². The molecule has 3 aromatic carbocycles. The minimum absolute atomic E-state index is 0.0354. The van der Waals surface area contributed by atoms with E-state index < -0.39 is 0 Å². The fraction of sp³-hybridized carbons (Fsp3) is 0.174. The molecule has 3 aromatic rings. The maximum absolute atomic E-state index is 12.9. The van der Waals surface area contributed by atoms with Crippen LogP contribution < -0.4 is 10.6 Å². The molecule has 132 valence electrons. The largest absolute Gasteiger partial charge is 0.385 e. The molecule has 0 atom stereocenters. The number of hydrogen-bond donors (Lipinski definition) is 2. The number of carbonyl (C=O) groups excluding carboxylic acids is 1. The minimum Gasteiger partial charge on any atom is -0.385 e. The van der Waals surface area contributed by atoms with Crippen LogP contribution in [0.2, 0.25) is 0 Å². The van der Waals surface area contributed by atoms with Gasteiger partial charge in [0.15, 0.2) is 5.78 Å². The number of nitrogens with one attached hydrogen (secondary N) is 2. The van der Waals surface area contributed by atoms with Gasteiger partial charge in [-0.05, 0) is 61.9 Å². The lowest BCUT2D eigenvalue weighted by Crippen LogP contribution is -2.05. The molecule has 0 unspecified atom stereocenters. The van der Waals surface area contributed by atoms with Crippen LogP contribution in [0.25, 0.3) is 11.1 Å². The van der Waals surface area contributed by atoms with Gasteiger partial charge in [-0.15, -0.1) is 0 Å². The van der Waals surface area contributed by atoms with Crippen molar-refractivity contribution in [2.45, 2.75) is 13.8 Å². The Hall–Kier alpha value is -3.07. The molecule has 0 saturated heterocycles. The summed E-state index contributed by atoms with van der Waals surface area (Å²) in [5.74, 6) is 0.0354. The van der Waals surface area contributed by atoms with Gasteiger partial charge in [0.05, 0.1) is 0 Å². The quantitative estimate of drug-likeness (QED) is 0.560. The van der Waals surface area contributed by atoms with Crippen LogP contribution in [0.3, 0.4) is 0 Å². The van der Waals surface area contributed by atoms with E-state index in [-0.39, 0.29) is 5.78 Å². The van der Waals surface area contributed by atoms with E-state index in [4.69, 9.17) is 0 Å². The molecule has 26 heavy (non-hydrogen) atoms. The summed E-state index contributed by atoms with van der Waals surface area (Å²) in [4.78, 5) is 12.9. The molecule has 0 saturated carbocycles. The minimum atomic E-state index is 0.0354. The van der Waals surface area contributed by atoms with E-state index >= 15 is 0 Å². The standard InChI is InChI=1S/C23H24N2O/c1-3-24-20-13-10-18(11-14-20)23(26)19-12-15-22(25-4-2)21(16-19)17-8-6-5-7-9-17/h5-16,24-25H,3-4H2,1-2H3. The lowest BCUT2D eigenvalue weighted by Gasteiger charge is -2.13. The summed E-state index contributed by atoms with van der Waals surface area (Å²) < 4.78 is 0. The Labute approximate surface area is 155 Å². The molecule has 3 heteroatoms. The lowest BCUT2D eigenvalue weighted by molar-refractivity contribution is 0.103. The molecule has 2 N–H and O–H groups in total. The summed E-state index contributed by atoms with van der Waals surface area (Å²) in [6.07, 6.45) is 0. The fourth-order valence-electron chi connectivity index (χ4n) is 3.00. The number of anilines is 2. The smallest absolute Gasteiger partial charge is 0.193 e.